The molecule has 0 aromatic carbocycles. The molecule has 3 heterocycles. The average Bonchev–Trinajstić information content (AvgIpc) is 3.32. The Hall–Kier alpha value is -2.41. The molecule has 0 bridgehead atoms. The monoisotopic (exact) mass is 327 g/mol. The number of aliphatic hydroxyl groups excluding tert-OH is 1. The Balaban J connectivity index is 1.42. The van der Waals surface area contributed by atoms with Crippen molar-refractivity contribution >= 4 is 16.8 Å². The molecule has 0 amide bonds. The van der Waals surface area contributed by atoms with E-state index in [1.165, 1.54) is 0 Å². The maximum Gasteiger partial charge on any atom is 0.153 e. The predicted octanol–water partition coefficient (Wildman–Crippen LogP) is 2.47. The number of hydrogen-bond acceptors (Lipinski definition) is 6. The van der Waals surface area contributed by atoms with Gasteiger partial charge in [0.1, 0.15) is 17.2 Å². The zero-order valence-corrected chi connectivity index (χ0v) is 13.6. The van der Waals surface area contributed by atoms with E-state index in [0.29, 0.717) is 13.0 Å². The summed E-state index contributed by atoms with van der Waals surface area (Å²) in [6.45, 7) is 2.71. The molecule has 0 radical (unpaired) electrons. The molecule has 0 spiro atoms. The molecule has 0 saturated heterocycles. The molecule has 3 N–H and O–H groups in total. The van der Waals surface area contributed by atoms with Crippen LogP contribution in [0.1, 0.15) is 37.3 Å². The molecule has 1 saturated carbocycles. The molecule has 7 heteroatoms. The topological polar surface area (TPSA) is 99.9 Å². The van der Waals surface area contributed by atoms with Crippen LogP contribution in [-0.4, -0.2) is 37.9 Å². The number of anilines is 1. The van der Waals surface area contributed by atoms with Crippen molar-refractivity contribution < 1.29 is 9.52 Å². The first-order valence-electron chi connectivity index (χ1n) is 8.40. The highest BCUT2D eigenvalue weighted by Crippen LogP contribution is 2.37. The number of H-pyrrole nitrogens is 1. The summed E-state index contributed by atoms with van der Waals surface area (Å²) in [6.07, 6.45) is 5.45. The summed E-state index contributed by atoms with van der Waals surface area (Å²) in [7, 11) is 0. The summed E-state index contributed by atoms with van der Waals surface area (Å²) in [4.78, 5) is 8.88. The minimum Gasteiger partial charge on any atom is -0.464 e. The summed E-state index contributed by atoms with van der Waals surface area (Å²) in [6, 6.07) is 3.74. The van der Waals surface area contributed by atoms with Gasteiger partial charge in [-0.15, -0.1) is 0 Å². The van der Waals surface area contributed by atoms with E-state index in [1.807, 2.05) is 19.1 Å². The molecule has 3 aromatic rings. The number of fused-ring (bicyclic) bond motifs is 1. The van der Waals surface area contributed by atoms with Crippen LogP contribution in [0.5, 0.6) is 0 Å². The van der Waals surface area contributed by atoms with Gasteiger partial charge in [0.2, 0.25) is 0 Å². The Morgan fingerprint density at radius 1 is 1.38 bits per heavy atom. The molecule has 24 heavy (non-hydrogen) atoms. The van der Waals surface area contributed by atoms with Crippen LogP contribution in [0.25, 0.3) is 11.0 Å². The van der Waals surface area contributed by atoms with Gasteiger partial charge in [-0.2, -0.15) is 5.10 Å². The number of furan rings is 1. The zero-order chi connectivity index (χ0) is 16.5. The molecule has 1 aliphatic carbocycles. The van der Waals surface area contributed by atoms with Gasteiger partial charge in [-0.05, 0) is 25.0 Å². The first-order chi connectivity index (χ1) is 11.7. The fraction of sp³-hybridized carbons (Fsp3) is 0.471. The van der Waals surface area contributed by atoms with Crippen LogP contribution in [0.4, 0.5) is 5.82 Å². The minimum absolute atomic E-state index is 0.155. The standard InChI is InChI=1S/C17H21N5O2/c1-2-15-20-16(22-21-15)10-7-11(13(23)8-10)9-19-17-12-4-6-24-14(12)3-5-18-17/h3-6,10-11,13,23H,2,7-9H2,1H3,(H,18,19)(H,20,21,22)/t10-,11+,13+/m0/s1. The summed E-state index contributed by atoms with van der Waals surface area (Å²) in [5.74, 6) is 2.88. The maximum absolute atomic E-state index is 10.4. The normalized spacial score (nSPS) is 23.8. The van der Waals surface area contributed by atoms with E-state index in [4.69, 9.17) is 4.42 Å². The number of pyridine rings is 1. The molecule has 1 aliphatic rings. The van der Waals surface area contributed by atoms with Gasteiger partial charge in [0.05, 0.1) is 17.8 Å². The second kappa shape index (κ2) is 6.24. The van der Waals surface area contributed by atoms with E-state index < -0.39 is 0 Å². The van der Waals surface area contributed by atoms with E-state index in [2.05, 4.69) is 25.5 Å². The lowest BCUT2D eigenvalue weighted by Crippen LogP contribution is -2.22. The molecule has 4 rings (SSSR count). The molecular formula is C17H21N5O2. The van der Waals surface area contributed by atoms with Crippen LogP contribution in [0.2, 0.25) is 0 Å². The van der Waals surface area contributed by atoms with Crippen molar-refractivity contribution in [3.63, 3.8) is 0 Å². The number of aryl methyl sites for hydroxylation is 1. The quantitative estimate of drug-likeness (QED) is 0.666. The summed E-state index contributed by atoms with van der Waals surface area (Å²) >= 11 is 0. The van der Waals surface area contributed by atoms with Crippen molar-refractivity contribution in [2.24, 2.45) is 5.92 Å². The Labute approximate surface area is 139 Å². The largest absolute Gasteiger partial charge is 0.464 e. The summed E-state index contributed by atoms with van der Waals surface area (Å²) in [5.41, 5.74) is 0.810. The van der Waals surface area contributed by atoms with E-state index >= 15 is 0 Å². The third-order valence-corrected chi connectivity index (χ3v) is 4.82. The van der Waals surface area contributed by atoms with Crippen LogP contribution in [0.15, 0.2) is 29.0 Å². The highest BCUT2D eigenvalue weighted by molar-refractivity contribution is 5.87. The van der Waals surface area contributed by atoms with Crippen molar-refractivity contribution in [2.45, 2.75) is 38.2 Å². The first-order valence-corrected chi connectivity index (χ1v) is 8.40. The molecule has 3 aromatic heterocycles. The summed E-state index contributed by atoms with van der Waals surface area (Å²) < 4.78 is 5.39. The van der Waals surface area contributed by atoms with Crippen molar-refractivity contribution in [2.75, 3.05) is 11.9 Å². The van der Waals surface area contributed by atoms with Gasteiger partial charge in [-0.1, -0.05) is 6.92 Å². The number of nitrogens with one attached hydrogen (secondary N) is 2. The highest BCUT2D eigenvalue weighted by Gasteiger charge is 2.35. The predicted molar refractivity (Wildman–Crippen MR) is 89.7 cm³/mol. The molecule has 0 aliphatic heterocycles. The Morgan fingerprint density at radius 3 is 3.12 bits per heavy atom. The Kier molecular flexibility index (Phi) is 3.93. The Bertz CT molecular complexity index is 827. The van der Waals surface area contributed by atoms with E-state index in [9.17, 15) is 5.11 Å². The van der Waals surface area contributed by atoms with E-state index in [0.717, 1.165) is 41.3 Å². The summed E-state index contributed by atoms with van der Waals surface area (Å²) in [5, 5.41) is 22.0. The van der Waals surface area contributed by atoms with E-state index in [1.54, 1.807) is 12.5 Å². The first kappa shape index (κ1) is 15.1. The van der Waals surface area contributed by atoms with Crippen LogP contribution in [0.3, 0.4) is 0 Å². The second-order valence-electron chi connectivity index (χ2n) is 6.36. The molecule has 126 valence electrons. The van der Waals surface area contributed by atoms with Gasteiger partial charge in [-0.25, -0.2) is 9.97 Å². The molecular weight excluding hydrogens is 306 g/mol. The van der Waals surface area contributed by atoms with Gasteiger partial charge in [0.25, 0.3) is 0 Å². The van der Waals surface area contributed by atoms with Gasteiger partial charge in [0, 0.05) is 31.0 Å². The number of aromatic amines is 1. The van der Waals surface area contributed by atoms with Gasteiger partial charge in [-0.3, -0.25) is 5.10 Å². The average molecular weight is 327 g/mol. The molecule has 3 atom stereocenters. The fourth-order valence-corrected chi connectivity index (χ4v) is 3.45. The van der Waals surface area contributed by atoms with E-state index in [-0.39, 0.29) is 17.9 Å². The minimum atomic E-state index is -0.352. The second-order valence-corrected chi connectivity index (χ2v) is 6.36. The van der Waals surface area contributed by atoms with Gasteiger partial charge in [0.15, 0.2) is 5.82 Å². The third kappa shape index (κ3) is 2.75. The smallest absolute Gasteiger partial charge is 0.153 e. The lowest BCUT2D eigenvalue weighted by molar-refractivity contribution is 0.137. The third-order valence-electron chi connectivity index (χ3n) is 4.82. The van der Waals surface area contributed by atoms with Crippen molar-refractivity contribution in [1.29, 1.82) is 0 Å². The van der Waals surface area contributed by atoms with Crippen LogP contribution >= 0.6 is 0 Å². The van der Waals surface area contributed by atoms with Crippen molar-refractivity contribution in [3.05, 3.63) is 36.2 Å². The molecule has 1 fully saturated rings. The zero-order valence-electron chi connectivity index (χ0n) is 13.6. The fourth-order valence-electron chi connectivity index (χ4n) is 3.45. The molecule has 0 unspecified atom stereocenters. The van der Waals surface area contributed by atoms with Gasteiger partial charge < -0.3 is 14.8 Å². The van der Waals surface area contributed by atoms with Crippen LogP contribution in [-0.2, 0) is 6.42 Å². The van der Waals surface area contributed by atoms with Crippen LogP contribution in [0, 0.1) is 5.92 Å². The number of hydrogen-bond donors (Lipinski definition) is 3. The van der Waals surface area contributed by atoms with Crippen molar-refractivity contribution in [1.82, 2.24) is 20.2 Å². The number of aromatic nitrogens is 4. The Morgan fingerprint density at radius 2 is 2.29 bits per heavy atom. The number of aliphatic hydroxyl groups is 1. The lowest BCUT2D eigenvalue weighted by atomic mass is 10.0. The number of nitrogens with zero attached hydrogens (tertiary/aromatic N) is 3. The number of rotatable bonds is 5. The maximum atomic E-state index is 10.4. The van der Waals surface area contributed by atoms with Crippen molar-refractivity contribution in [3.8, 4) is 0 Å². The SMILES string of the molecule is CCc1nc([C@H]2C[C@H](CNc3nccc4occc34)[C@H](O)C2)n[nH]1. The van der Waals surface area contributed by atoms with Gasteiger partial charge >= 0.3 is 0 Å². The lowest BCUT2D eigenvalue weighted by Gasteiger charge is -2.15. The highest BCUT2D eigenvalue weighted by atomic mass is 16.3. The molecule has 7 nitrogen and oxygen atoms in total. The van der Waals surface area contributed by atoms with Crippen LogP contribution < -0.4 is 5.32 Å².